The smallest absolute Gasteiger partial charge is 0.130 e. The summed E-state index contributed by atoms with van der Waals surface area (Å²) in [6.07, 6.45) is 0. The number of ether oxygens (including phenoxy) is 1. The third-order valence-corrected chi connectivity index (χ3v) is 2.89. The van der Waals surface area contributed by atoms with E-state index in [0.717, 1.165) is 11.4 Å². The molecule has 1 aromatic heterocycles. The molecule has 0 unspecified atom stereocenters. The van der Waals surface area contributed by atoms with Gasteiger partial charge in [0.25, 0.3) is 0 Å². The van der Waals surface area contributed by atoms with Crippen molar-refractivity contribution in [2.75, 3.05) is 0 Å². The lowest BCUT2D eigenvalue weighted by atomic mass is 10.0. The number of hydrogen-bond donors (Lipinski definition) is 0. The molecule has 0 saturated carbocycles. The SMILES string of the molecule is CC(C)c1cccc(OCc2cccc(Cl)n2)c1. The van der Waals surface area contributed by atoms with Gasteiger partial charge in [0, 0.05) is 0 Å². The van der Waals surface area contributed by atoms with E-state index < -0.39 is 0 Å². The van der Waals surface area contributed by atoms with E-state index in [0.29, 0.717) is 17.7 Å². The van der Waals surface area contributed by atoms with Crippen LogP contribution in [-0.4, -0.2) is 4.98 Å². The zero-order valence-electron chi connectivity index (χ0n) is 10.6. The number of benzene rings is 1. The maximum atomic E-state index is 5.83. The van der Waals surface area contributed by atoms with Crippen LogP contribution < -0.4 is 4.74 Å². The summed E-state index contributed by atoms with van der Waals surface area (Å²) in [7, 11) is 0. The maximum Gasteiger partial charge on any atom is 0.130 e. The second kappa shape index (κ2) is 5.87. The van der Waals surface area contributed by atoms with Crippen molar-refractivity contribution in [3.05, 3.63) is 58.9 Å². The molecule has 0 aliphatic heterocycles. The summed E-state index contributed by atoms with van der Waals surface area (Å²) in [6, 6.07) is 13.7. The van der Waals surface area contributed by atoms with E-state index in [1.54, 1.807) is 6.07 Å². The van der Waals surface area contributed by atoms with E-state index in [4.69, 9.17) is 16.3 Å². The first-order chi connectivity index (χ1) is 8.65. The van der Waals surface area contributed by atoms with Crippen LogP contribution in [0.1, 0.15) is 31.0 Å². The molecular weight excluding hydrogens is 246 g/mol. The molecule has 2 nitrogen and oxygen atoms in total. The highest BCUT2D eigenvalue weighted by atomic mass is 35.5. The Morgan fingerprint density at radius 3 is 2.67 bits per heavy atom. The fourth-order valence-electron chi connectivity index (χ4n) is 1.65. The number of halogens is 1. The van der Waals surface area contributed by atoms with Gasteiger partial charge in [-0.15, -0.1) is 0 Å². The minimum atomic E-state index is 0.433. The molecule has 1 aromatic carbocycles. The Balaban J connectivity index is 2.04. The topological polar surface area (TPSA) is 22.1 Å². The van der Waals surface area contributed by atoms with Crippen LogP contribution in [0.25, 0.3) is 0 Å². The monoisotopic (exact) mass is 261 g/mol. The van der Waals surface area contributed by atoms with Gasteiger partial charge in [-0.3, -0.25) is 0 Å². The summed E-state index contributed by atoms with van der Waals surface area (Å²) in [5.74, 6) is 1.36. The molecular formula is C15H16ClNO. The van der Waals surface area contributed by atoms with Gasteiger partial charge in [0.1, 0.15) is 17.5 Å². The molecule has 2 aromatic rings. The van der Waals surface area contributed by atoms with Gasteiger partial charge in [-0.25, -0.2) is 4.98 Å². The second-order valence-electron chi connectivity index (χ2n) is 4.47. The molecule has 0 atom stereocenters. The lowest BCUT2D eigenvalue weighted by Crippen LogP contribution is -1.98. The molecule has 0 aliphatic rings. The highest BCUT2D eigenvalue weighted by molar-refractivity contribution is 6.29. The van der Waals surface area contributed by atoms with E-state index in [2.05, 4.69) is 31.0 Å². The van der Waals surface area contributed by atoms with Crippen LogP contribution >= 0.6 is 11.6 Å². The summed E-state index contributed by atoms with van der Waals surface area (Å²) < 4.78 is 5.72. The van der Waals surface area contributed by atoms with E-state index >= 15 is 0 Å². The van der Waals surface area contributed by atoms with Crippen molar-refractivity contribution in [1.82, 2.24) is 4.98 Å². The molecule has 0 amide bonds. The molecule has 94 valence electrons. The Kier molecular flexibility index (Phi) is 4.21. The minimum Gasteiger partial charge on any atom is -0.487 e. The van der Waals surface area contributed by atoms with Crippen LogP contribution in [0.5, 0.6) is 5.75 Å². The van der Waals surface area contributed by atoms with E-state index in [-0.39, 0.29) is 0 Å². The molecule has 0 radical (unpaired) electrons. The Bertz CT molecular complexity index is 525. The van der Waals surface area contributed by atoms with Crippen molar-refractivity contribution in [1.29, 1.82) is 0 Å². The number of hydrogen-bond acceptors (Lipinski definition) is 2. The zero-order valence-corrected chi connectivity index (χ0v) is 11.3. The Hall–Kier alpha value is -1.54. The van der Waals surface area contributed by atoms with Crippen LogP contribution in [0.4, 0.5) is 0 Å². The standard InChI is InChI=1S/C15H16ClNO/c1-11(2)12-5-3-7-14(9-12)18-10-13-6-4-8-15(16)17-13/h3-9,11H,10H2,1-2H3. The number of nitrogens with zero attached hydrogens (tertiary/aromatic N) is 1. The van der Waals surface area contributed by atoms with Gasteiger partial charge in [0.05, 0.1) is 5.69 Å². The first-order valence-corrected chi connectivity index (χ1v) is 6.37. The Morgan fingerprint density at radius 2 is 1.94 bits per heavy atom. The summed E-state index contributed by atoms with van der Waals surface area (Å²) in [5, 5.41) is 0.493. The fraction of sp³-hybridized carbons (Fsp3) is 0.267. The molecule has 0 saturated heterocycles. The van der Waals surface area contributed by atoms with Crippen molar-refractivity contribution < 1.29 is 4.74 Å². The lowest BCUT2D eigenvalue weighted by molar-refractivity contribution is 0.301. The van der Waals surface area contributed by atoms with Crippen LogP contribution in [0.3, 0.4) is 0 Å². The second-order valence-corrected chi connectivity index (χ2v) is 4.85. The normalized spacial score (nSPS) is 10.7. The van der Waals surface area contributed by atoms with Crippen molar-refractivity contribution >= 4 is 11.6 Å². The first kappa shape index (κ1) is 12.9. The van der Waals surface area contributed by atoms with E-state index in [9.17, 15) is 0 Å². The lowest BCUT2D eigenvalue weighted by Gasteiger charge is -2.09. The molecule has 0 bridgehead atoms. The van der Waals surface area contributed by atoms with Gasteiger partial charge < -0.3 is 4.74 Å². The molecule has 18 heavy (non-hydrogen) atoms. The molecule has 2 rings (SSSR count). The molecule has 0 fully saturated rings. The third kappa shape index (κ3) is 3.47. The molecule has 1 heterocycles. The molecule has 0 spiro atoms. The van der Waals surface area contributed by atoms with E-state index in [1.165, 1.54) is 5.56 Å². The van der Waals surface area contributed by atoms with Gasteiger partial charge in [-0.1, -0.05) is 43.6 Å². The van der Waals surface area contributed by atoms with Gasteiger partial charge in [0.2, 0.25) is 0 Å². The largest absolute Gasteiger partial charge is 0.487 e. The van der Waals surface area contributed by atoms with Gasteiger partial charge in [-0.05, 0) is 35.7 Å². The van der Waals surface area contributed by atoms with Gasteiger partial charge >= 0.3 is 0 Å². The first-order valence-electron chi connectivity index (χ1n) is 5.99. The third-order valence-electron chi connectivity index (χ3n) is 2.68. The predicted molar refractivity (Wildman–Crippen MR) is 74.1 cm³/mol. The number of pyridine rings is 1. The fourth-order valence-corrected chi connectivity index (χ4v) is 1.83. The average Bonchev–Trinajstić information content (AvgIpc) is 2.37. The van der Waals surface area contributed by atoms with Crippen molar-refractivity contribution in [3.8, 4) is 5.75 Å². The zero-order chi connectivity index (χ0) is 13.0. The average molecular weight is 262 g/mol. The Morgan fingerprint density at radius 1 is 1.17 bits per heavy atom. The minimum absolute atomic E-state index is 0.433. The van der Waals surface area contributed by atoms with Crippen molar-refractivity contribution in [3.63, 3.8) is 0 Å². The van der Waals surface area contributed by atoms with Crippen LogP contribution in [0.2, 0.25) is 5.15 Å². The summed E-state index contributed by atoms with van der Waals surface area (Å²) in [5.41, 5.74) is 2.10. The molecule has 0 N–H and O–H groups in total. The van der Waals surface area contributed by atoms with Gasteiger partial charge in [0.15, 0.2) is 0 Å². The number of rotatable bonds is 4. The van der Waals surface area contributed by atoms with Crippen LogP contribution in [0, 0.1) is 0 Å². The van der Waals surface area contributed by atoms with Crippen LogP contribution in [-0.2, 0) is 6.61 Å². The Labute approximate surface area is 113 Å². The molecule has 0 aliphatic carbocycles. The van der Waals surface area contributed by atoms with Gasteiger partial charge in [-0.2, -0.15) is 0 Å². The number of aromatic nitrogens is 1. The summed E-state index contributed by atoms with van der Waals surface area (Å²) in [4.78, 5) is 4.19. The van der Waals surface area contributed by atoms with Crippen LogP contribution in [0.15, 0.2) is 42.5 Å². The summed E-state index contributed by atoms with van der Waals surface area (Å²) >= 11 is 5.83. The quantitative estimate of drug-likeness (QED) is 0.759. The van der Waals surface area contributed by atoms with Crippen molar-refractivity contribution in [2.24, 2.45) is 0 Å². The maximum absolute atomic E-state index is 5.83. The highest BCUT2D eigenvalue weighted by Crippen LogP contribution is 2.20. The van der Waals surface area contributed by atoms with E-state index in [1.807, 2.05) is 24.3 Å². The predicted octanol–water partition coefficient (Wildman–Crippen LogP) is 4.44. The highest BCUT2D eigenvalue weighted by Gasteiger charge is 2.02. The molecule has 3 heteroatoms. The van der Waals surface area contributed by atoms with Crippen molar-refractivity contribution in [2.45, 2.75) is 26.4 Å². The summed E-state index contributed by atoms with van der Waals surface area (Å²) in [6.45, 7) is 4.76.